The second kappa shape index (κ2) is 6.42. The molecule has 19 heavy (non-hydrogen) atoms. The Morgan fingerprint density at radius 1 is 1.42 bits per heavy atom. The van der Waals surface area contributed by atoms with E-state index in [4.69, 9.17) is 10.5 Å². The van der Waals surface area contributed by atoms with Crippen LogP contribution in [0.1, 0.15) is 17.3 Å². The van der Waals surface area contributed by atoms with E-state index in [0.717, 1.165) is 0 Å². The standard InChI is InChI=1S/C12H18N2O4S/c1-3-18-12(15)10-8-9(4-5-11(10)13)14-6-7-19(2,16)17/h4-5,8,14H,3,6-7,13H2,1-2H3. The fourth-order valence-corrected chi connectivity index (χ4v) is 1.91. The molecule has 0 heterocycles. The van der Waals surface area contributed by atoms with Gasteiger partial charge in [-0.25, -0.2) is 13.2 Å². The average Bonchev–Trinajstić information content (AvgIpc) is 2.30. The van der Waals surface area contributed by atoms with Gasteiger partial charge in [0.1, 0.15) is 9.84 Å². The smallest absolute Gasteiger partial charge is 0.340 e. The number of carbonyl (C=O) groups excluding carboxylic acids is 1. The monoisotopic (exact) mass is 286 g/mol. The van der Waals surface area contributed by atoms with E-state index < -0.39 is 15.8 Å². The van der Waals surface area contributed by atoms with Crippen molar-refractivity contribution in [3.63, 3.8) is 0 Å². The third-order valence-electron chi connectivity index (χ3n) is 2.35. The number of anilines is 2. The molecule has 106 valence electrons. The number of hydrogen-bond acceptors (Lipinski definition) is 6. The van der Waals surface area contributed by atoms with Crippen molar-refractivity contribution >= 4 is 27.2 Å². The third kappa shape index (κ3) is 5.17. The molecule has 0 fully saturated rings. The Labute approximate surface area is 112 Å². The van der Waals surface area contributed by atoms with E-state index in [2.05, 4.69) is 5.32 Å². The van der Waals surface area contributed by atoms with E-state index in [0.29, 0.717) is 11.4 Å². The largest absolute Gasteiger partial charge is 0.462 e. The fourth-order valence-electron chi connectivity index (χ4n) is 1.43. The maximum Gasteiger partial charge on any atom is 0.340 e. The Balaban J connectivity index is 2.76. The number of nitrogens with two attached hydrogens (primary N) is 1. The minimum absolute atomic E-state index is 0.0200. The lowest BCUT2D eigenvalue weighted by Crippen LogP contribution is -2.15. The molecule has 1 aromatic rings. The number of nitrogen functional groups attached to an aromatic ring is 1. The number of benzene rings is 1. The van der Waals surface area contributed by atoms with Gasteiger partial charge in [0.15, 0.2) is 0 Å². The first-order valence-electron chi connectivity index (χ1n) is 5.81. The van der Waals surface area contributed by atoms with E-state index in [1.54, 1.807) is 25.1 Å². The molecule has 6 nitrogen and oxygen atoms in total. The van der Waals surface area contributed by atoms with Crippen LogP contribution in [0.4, 0.5) is 11.4 Å². The lowest BCUT2D eigenvalue weighted by molar-refractivity contribution is 0.0527. The van der Waals surface area contributed by atoms with Gasteiger partial charge in [-0.3, -0.25) is 0 Å². The SMILES string of the molecule is CCOC(=O)c1cc(NCCS(C)(=O)=O)ccc1N. The summed E-state index contributed by atoms with van der Waals surface area (Å²) in [4.78, 5) is 11.6. The van der Waals surface area contributed by atoms with Gasteiger partial charge in [-0.1, -0.05) is 0 Å². The number of esters is 1. The molecule has 0 amide bonds. The molecular formula is C12H18N2O4S. The van der Waals surface area contributed by atoms with Crippen molar-refractivity contribution in [1.29, 1.82) is 0 Å². The molecule has 0 unspecified atom stereocenters. The number of hydrogen-bond donors (Lipinski definition) is 2. The van der Waals surface area contributed by atoms with Gasteiger partial charge in [-0.05, 0) is 25.1 Å². The maximum atomic E-state index is 11.6. The molecule has 0 aliphatic carbocycles. The topological polar surface area (TPSA) is 98.5 Å². The number of rotatable bonds is 6. The molecule has 0 bridgehead atoms. The highest BCUT2D eigenvalue weighted by Crippen LogP contribution is 2.18. The first-order chi connectivity index (χ1) is 8.83. The fraction of sp³-hybridized carbons (Fsp3) is 0.417. The summed E-state index contributed by atoms with van der Waals surface area (Å²) in [6, 6.07) is 4.81. The zero-order valence-corrected chi connectivity index (χ0v) is 11.8. The summed E-state index contributed by atoms with van der Waals surface area (Å²) in [6.45, 7) is 2.25. The molecule has 0 saturated carbocycles. The predicted octanol–water partition coefficient (Wildman–Crippen LogP) is 0.902. The number of nitrogens with one attached hydrogen (secondary N) is 1. The molecule has 0 atom stereocenters. The van der Waals surface area contributed by atoms with Crippen molar-refractivity contribution in [3.8, 4) is 0 Å². The molecule has 0 aliphatic heterocycles. The molecule has 7 heteroatoms. The maximum absolute atomic E-state index is 11.6. The summed E-state index contributed by atoms with van der Waals surface area (Å²) < 4.78 is 26.9. The van der Waals surface area contributed by atoms with Crippen molar-refractivity contribution in [2.75, 3.05) is 36.2 Å². The van der Waals surface area contributed by atoms with Crippen LogP contribution in [0, 0.1) is 0 Å². The van der Waals surface area contributed by atoms with Crippen molar-refractivity contribution in [1.82, 2.24) is 0 Å². The molecule has 0 saturated heterocycles. The second-order valence-electron chi connectivity index (χ2n) is 4.08. The van der Waals surface area contributed by atoms with Crippen LogP contribution < -0.4 is 11.1 Å². The molecule has 0 aliphatic rings. The molecule has 0 radical (unpaired) electrons. The van der Waals surface area contributed by atoms with Crippen LogP contribution >= 0.6 is 0 Å². The van der Waals surface area contributed by atoms with Gasteiger partial charge in [-0.15, -0.1) is 0 Å². The van der Waals surface area contributed by atoms with Crippen molar-refractivity contribution in [2.45, 2.75) is 6.92 Å². The van der Waals surface area contributed by atoms with E-state index in [9.17, 15) is 13.2 Å². The van der Waals surface area contributed by atoms with Crippen molar-refractivity contribution in [2.24, 2.45) is 0 Å². The average molecular weight is 286 g/mol. The molecule has 1 rings (SSSR count). The van der Waals surface area contributed by atoms with Crippen LogP contribution in [-0.4, -0.2) is 39.5 Å². The third-order valence-corrected chi connectivity index (χ3v) is 3.30. The molecule has 1 aromatic carbocycles. The summed E-state index contributed by atoms with van der Waals surface area (Å²) in [7, 11) is -3.02. The summed E-state index contributed by atoms with van der Waals surface area (Å²) >= 11 is 0. The highest BCUT2D eigenvalue weighted by molar-refractivity contribution is 7.90. The van der Waals surface area contributed by atoms with E-state index in [1.807, 2.05) is 0 Å². The van der Waals surface area contributed by atoms with Gasteiger partial charge in [0.05, 0.1) is 17.9 Å². The van der Waals surface area contributed by atoms with Crippen LogP contribution in [0.25, 0.3) is 0 Å². The Morgan fingerprint density at radius 3 is 2.68 bits per heavy atom. The minimum Gasteiger partial charge on any atom is -0.462 e. The number of carbonyl (C=O) groups is 1. The first-order valence-corrected chi connectivity index (χ1v) is 7.88. The normalized spacial score (nSPS) is 11.1. The summed E-state index contributed by atoms with van der Waals surface area (Å²) in [5.41, 5.74) is 6.92. The minimum atomic E-state index is -3.02. The number of ether oxygens (including phenoxy) is 1. The van der Waals surface area contributed by atoms with Crippen LogP contribution in [-0.2, 0) is 14.6 Å². The zero-order chi connectivity index (χ0) is 14.5. The summed E-state index contributed by atoms with van der Waals surface area (Å²) in [5.74, 6) is -0.474. The predicted molar refractivity (Wildman–Crippen MR) is 75.0 cm³/mol. The van der Waals surface area contributed by atoms with Crippen LogP contribution in [0.3, 0.4) is 0 Å². The van der Waals surface area contributed by atoms with Gasteiger partial charge < -0.3 is 15.8 Å². The molecule has 3 N–H and O–H groups in total. The second-order valence-corrected chi connectivity index (χ2v) is 6.34. The quantitative estimate of drug-likeness (QED) is 0.595. The van der Waals surface area contributed by atoms with Crippen molar-refractivity contribution in [3.05, 3.63) is 23.8 Å². The van der Waals surface area contributed by atoms with Crippen LogP contribution in [0.15, 0.2) is 18.2 Å². The summed E-state index contributed by atoms with van der Waals surface area (Å²) in [5, 5.41) is 2.92. The molecular weight excluding hydrogens is 268 g/mol. The first kappa shape index (κ1) is 15.3. The highest BCUT2D eigenvalue weighted by Gasteiger charge is 2.11. The Morgan fingerprint density at radius 2 is 2.11 bits per heavy atom. The Kier molecular flexibility index (Phi) is 5.17. The Hall–Kier alpha value is -1.76. The van der Waals surface area contributed by atoms with Gasteiger partial charge in [0.25, 0.3) is 0 Å². The van der Waals surface area contributed by atoms with Gasteiger partial charge >= 0.3 is 5.97 Å². The van der Waals surface area contributed by atoms with Gasteiger partial charge in [-0.2, -0.15) is 0 Å². The summed E-state index contributed by atoms with van der Waals surface area (Å²) in [6.07, 6.45) is 1.17. The van der Waals surface area contributed by atoms with Gasteiger partial charge in [0, 0.05) is 24.2 Å². The van der Waals surface area contributed by atoms with Gasteiger partial charge in [0.2, 0.25) is 0 Å². The highest BCUT2D eigenvalue weighted by atomic mass is 32.2. The lowest BCUT2D eigenvalue weighted by Gasteiger charge is -2.09. The number of sulfone groups is 1. The zero-order valence-electron chi connectivity index (χ0n) is 11.0. The lowest BCUT2D eigenvalue weighted by atomic mass is 10.1. The van der Waals surface area contributed by atoms with Crippen LogP contribution in [0.2, 0.25) is 0 Å². The Bertz CT molecular complexity index is 555. The van der Waals surface area contributed by atoms with E-state index in [1.165, 1.54) is 6.26 Å². The van der Waals surface area contributed by atoms with E-state index in [-0.39, 0.29) is 24.5 Å². The van der Waals surface area contributed by atoms with E-state index >= 15 is 0 Å². The molecule has 0 spiro atoms. The van der Waals surface area contributed by atoms with Crippen LogP contribution in [0.5, 0.6) is 0 Å². The van der Waals surface area contributed by atoms with Crippen molar-refractivity contribution < 1.29 is 17.9 Å². The molecule has 0 aromatic heterocycles.